The number of hydrogen-bond donors (Lipinski definition) is 0. The molecule has 0 saturated carbocycles. The van der Waals surface area contributed by atoms with E-state index in [0.29, 0.717) is 0 Å². The number of para-hydroxylation sites is 7. The number of furan rings is 4. The van der Waals surface area contributed by atoms with E-state index >= 15 is 0 Å². The van der Waals surface area contributed by atoms with Crippen LogP contribution in [0.5, 0.6) is 0 Å². The Morgan fingerprint density at radius 3 is 1.30 bits per heavy atom. The van der Waals surface area contributed by atoms with E-state index in [0.717, 1.165) is 133 Å². The van der Waals surface area contributed by atoms with Crippen molar-refractivity contribution in [1.82, 2.24) is 0 Å². The van der Waals surface area contributed by atoms with E-state index in [-0.39, 0.29) is 0 Å². The molecule has 2 aliphatic heterocycles. The van der Waals surface area contributed by atoms with Gasteiger partial charge in [-0.2, -0.15) is 0 Å². The van der Waals surface area contributed by atoms with Crippen LogP contribution >= 0.6 is 0 Å². The molecule has 16 rings (SSSR count). The van der Waals surface area contributed by atoms with Crippen LogP contribution in [0.2, 0.25) is 26.2 Å². The maximum atomic E-state index is 7.34. The number of aryl methyl sites for hydroxylation is 3. The Morgan fingerprint density at radius 2 is 0.790 bits per heavy atom. The third kappa shape index (κ3) is 6.54. The lowest BCUT2D eigenvalue weighted by Gasteiger charge is -2.29. The highest BCUT2D eigenvalue weighted by Gasteiger charge is 2.47. The normalized spacial score (nSPS) is 14.1. The van der Waals surface area contributed by atoms with E-state index in [4.69, 9.17) is 17.7 Å². The fourth-order valence-electron chi connectivity index (χ4n) is 14.1. The first kappa shape index (κ1) is 47.6. The summed E-state index contributed by atoms with van der Waals surface area (Å²) in [5.74, 6) is 0.860. The Hall–Kier alpha value is -9.35. The van der Waals surface area contributed by atoms with Crippen molar-refractivity contribution in [3.63, 3.8) is 0 Å². The van der Waals surface area contributed by atoms with Gasteiger partial charge in [0.05, 0.1) is 33.5 Å². The summed E-state index contributed by atoms with van der Waals surface area (Å²) in [6.07, 6.45) is 5.90. The standard InChI is InChI=1S/C73H56N2O4Si2/c1-9-10-25-45-44(4)76-70-47(45)29-21-33-55(70)74(53-31-16-11-23-42(53)2)57-40-64-68(72-66(57)49-27-14-19-36-60(49)78-72)51-38-63-52(39-62(51)80(64,5)6)69-65(81(63,7)8)41-58(67-50-28-15-20-37-61(50)79-73(67)69)75(54-32-17-12-24-43(54)3)56-34-22-30-48-46-26-13-18-35-59(46)77-71(48)56/h9-41H,1H2,2-8H3/b25-10-. The second kappa shape index (κ2) is 17.1. The summed E-state index contributed by atoms with van der Waals surface area (Å²) < 4.78 is 28.4. The summed E-state index contributed by atoms with van der Waals surface area (Å²) in [5.41, 5.74) is 20.8. The van der Waals surface area contributed by atoms with Gasteiger partial charge in [-0.1, -0.05) is 178 Å². The van der Waals surface area contributed by atoms with Crippen LogP contribution in [-0.2, 0) is 0 Å². The molecule has 0 fully saturated rings. The molecule has 2 aliphatic rings. The number of rotatable bonds is 8. The highest BCUT2D eigenvalue weighted by atomic mass is 28.3. The molecule has 0 radical (unpaired) electrons. The molecular formula is C73H56N2O4Si2. The van der Waals surface area contributed by atoms with E-state index in [1.807, 2.05) is 12.2 Å². The lowest BCUT2D eigenvalue weighted by Crippen LogP contribution is -2.51. The monoisotopic (exact) mass is 1080 g/mol. The number of hydrogen-bond acceptors (Lipinski definition) is 6. The molecule has 0 unspecified atom stereocenters. The molecule has 0 amide bonds. The summed E-state index contributed by atoms with van der Waals surface area (Å²) in [6.45, 7) is 20.6. The van der Waals surface area contributed by atoms with Gasteiger partial charge in [0, 0.05) is 55.0 Å². The van der Waals surface area contributed by atoms with Crippen LogP contribution in [0.25, 0.3) is 105 Å². The van der Waals surface area contributed by atoms with Crippen LogP contribution in [0.1, 0.15) is 22.5 Å². The molecule has 0 saturated heterocycles. The zero-order chi connectivity index (χ0) is 54.8. The van der Waals surface area contributed by atoms with Crippen molar-refractivity contribution in [1.29, 1.82) is 0 Å². The summed E-state index contributed by atoms with van der Waals surface area (Å²) >= 11 is 0. The highest BCUT2D eigenvalue weighted by molar-refractivity contribution is 7.06. The fourth-order valence-corrected chi connectivity index (χ4v) is 20.1. The van der Waals surface area contributed by atoms with Crippen LogP contribution in [-0.4, -0.2) is 16.1 Å². The maximum absolute atomic E-state index is 7.34. The first-order valence-corrected chi connectivity index (χ1v) is 34.0. The van der Waals surface area contributed by atoms with Crippen LogP contribution in [0, 0.1) is 20.8 Å². The second-order valence-corrected chi connectivity index (χ2v) is 31.9. The van der Waals surface area contributed by atoms with Crippen molar-refractivity contribution < 1.29 is 17.7 Å². The summed E-state index contributed by atoms with van der Waals surface area (Å²) in [7, 11) is -5.09. The quantitative estimate of drug-likeness (QED) is 0.112. The fraction of sp³-hybridized carbons (Fsp3) is 0.0959. The second-order valence-electron chi connectivity index (χ2n) is 23.3. The molecule has 14 aromatic rings. The first-order valence-electron chi connectivity index (χ1n) is 28.0. The van der Waals surface area contributed by atoms with Crippen molar-refractivity contribution in [2.75, 3.05) is 9.80 Å². The average molecular weight is 1080 g/mol. The Balaban J connectivity index is 0.956. The van der Waals surface area contributed by atoms with E-state index in [1.165, 1.54) is 43.0 Å². The van der Waals surface area contributed by atoms with Gasteiger partial charge < -0.3 is 27.5 Å². The van der Waals surface area contributed by atoms with E-state index < -0.39 is 16.1 Å². The van der Waals surface area contributed by atoms with Gasteiger partial charge in [0.15, 0.2) is 11.2 Å². The van der Waals surface area contributed by atoms with Crippen LogP contribution in [0.3, 0.4) is 0 Å². The molecular weight excluding hydrogens is 1020 g/mol. The number of allylic oxidation sites excluding steroid dienone is 2. The Morgan fingerprint density at radius 1 is 0.383 bits per heavy atom. The van der Waals surface area contributed by atoms with E-state index in [1.54, 1.807) is 0 Å². The molecule has 4 aromatic heterocycles. The predicted molar refractivity (Wildman–Crippen MR) is 345 cm³/mol. The predicted octanol–water partition coefficient (Wildman–Crippen LogP) is 18.8. The minimum atomic E-state index is -2.55. The lowest BCUT2D eigenvalue weighted by atomic mass is 9.96. The van der Waals surface area contributed by atoms with Gasteiger partial charge in [0.1, 0.15) is 49.8 Å². The van der Waals surface area contributed by atoms with E-state index in [9.17, 15) is 0 Å². The summed E-state index contributed by atoms with van der Waals surface area (Å²) in [5, 5.41) is 13.1. The van der Waals surface area contributed by atoms with Crippen molar-refractivity contribution in [2.45, 2.75) is 47.0 Å². The molecule has 6 heterocycles. The topological polar surface area (TPSA) is 59.0 Å². The molecule has 0 N–H and O–H groups in total. The molecule has 0 spiro atoms. The lowest BCUT2D eigenvalue weighted by molar-refractivity contribution is 0.578. The minimum Gasteiger partial charge on any atom is -0.459 e. The van der Waals surface area contributed by atoms with E-state index in [2.05, 4.69) is 251 Å². The molecule has 0 bridgehead atoms. The zero-order valence-corrected chi connectivity index (χ0v) is 48.3. The Bertz CT molecular complexity index is 5100. The van der Waals surface area contributed by atoms with Crippen molar-refractivity contribution in [3.05, 3.63) is 223 Å². The van der Waals surface area contributed by atoms with Gasteiger partial charge >= 0.3 is 0 Å². The number of nitrogens with zero attached hydrogens (tertiary/aromatic N) is 2. The molecule has 6 nitrogen and oxygen atoms in total. The molecule has 81 heavy (non-hydrogen) atoms. The maximum Gasteiger partial charge on any atom is 0.159 e. The summed E-state index contributed by atoms with van der Waals surface area (Å²) in [4.78, 5) is 4.89. The smallest absolute Gasteiger partial charge is 0.159 e. The van der Waals surface area contributed by atoms with Gasteiger partial charge in [-0.15, -0.1) is 0 Å². The Labute approximate surface area is 471 Å². The van der Waals surface area contributed by atoms with Gasteiger partial charge in [-0.3, -0.25) is 0 Å². The largest absolute Gasteiger partial charge is 0.459 e. The van der Waals surface area contributed by atoms with Crippen LogP contribution in [0.15, 0.2) is 218 Å². The van der Waals surface area contributed by atoms with Crippen molar-refractivity contribution in [2.24, 2.45) is 0 Å². The number of anilines is 6. The van der Waals surface area contributed by atoms with Crippen LogP contribution in [0.4, 0.5) is 34.1 Å². The third-order valence-electron chi connectivity index (χ3n) is 18.0. The number of benzene rings is 10. The van der Waals surface area contributed by atoms with Gasteiger partial charge in [0.25, 0.3) is 0 Å². The molecule has 390 valence electrons. The average Bonchev–Trinajstić information content (AvgIpc) is 1.84. The van der Waals surface area contributed by atoms with Crippen LogP contribution < -0.4 is 30.5 Å². The molecule has 8 heteroatoms. The molecule has 10 aromatic carbocycles. The molecule has 0 atom stereocenters. The zero-order valence-electron chi connectivity index (χ0n) is 46.3. The third-order valence-corrected chi connectivity index (χ3v) is 25.0. The minimum absolute atomic E-state index is 0.833. The Kier molecular flexibility index (Phi) is 10.0. The molecule has 0 aliphatic carbocycles. The highest BCUT2D eigenvalue weighted by Crippen LogP contribution is 2.53. The van der Waals surface area contributed by atoms with Gasteiger partial charge in [-0.05, 0) is 118 Å². The van der Waals surface area contributed by atoms with Crippen molar-refractivity contribution >= 4 is 154 Å². The summed E-state index contributed by atoms with van der Waals surface area (Å²) in [6, 6.07) is 66.3. The van der Waals surface area contributed by atoms with Crippen molar-refractivity contribution in [3.8, 4) is 22.3 Å². The SMILES string of the molecule is C=C/C=C\c1c(C)oc2c(N(c3ccccc3C)c3cc4c(c5oc6ccccc6c35)-c3cc5c(cc3[Si]4(C)C)-c3c(cc(N(c4ccccc4C)c4cccc6c4oc4ccccc46)c4c3oc3ccccc34)[Si]5(C)C)cccc12. The first-order chi connectivity index (χ1) is 39.4. The number of fused-ring (bicyclic) bond motifs is 18. The van der Waals surface area contributed by atoms with Gasteiger partial charge in [0.2, 0.25) is 0 Å². The van der Waals surface area contributed by atoms with Gasteiger partial charge in [-0.25, -0.2) is 0 Å².